The second-order valence-corrected chi connectivity index (χ2v) is 5.44. The predicted octanol–water partition coefficient (Wildman–Crippen LogP) is 2.21. The highest BCUT2D eigenvalue weighted by Gasteiger charge is 2.14. The first kappa shape index (κ1) is 11.7. The van der Waals surface area contributed by atoms with Crippen LogP contribution in [0.4, 0.5) is 0 Å². The van der Waals surface area contributed by atoms with Crippen LogP contribution in [0.25, 0.3) is 0 Å². The number of hydrogen-bond donors (Lipinski definition) is 0. The zero-order valence-electron chi connectivity index (χ0n) is 8.99. The molecule has 77 valence electrons. The van der Waals surface area contributed by atoms with Crippen molar-refractivity contribution in [1.29, 1.82) is 0 Å². The molecular weight excluding hydrogens is 200 g/mol. The molecule has 0 saturated heterocycles. The lowest BCUT2D eigenvalue weighted by Crippen LogP contribution is -2.32. The first-order chi connectivity index (χ1) is 7.28. The van der Waals surface area contributed by atoms with Gasteiger partial charge in [0.05, 0.1) is 0 Å². The van der Waals surface area contributed by atoms with Crippen LogP contribution in [0.3, 0.4) is 0 Å². The van der Waals surface area contributed by atoms with Gasteiger partial charge in [0.1, 0.15) is 15.1 Å². The molecule has 0 aliphatic rings. The van der Waals surface area contributed by atoms with Crippen molar-refractivity contribution < 1.29 is 4.79 Å². The van der Waals surface area contributed by atoms with Crippen LogP contribution < -0.4 is 5.19 Å². The highest BCUT2D eigenvalue weighted by atomic mass is 28.3. The molecule has 0 heterocycles. The molecule has 0 aromatic heterocycles. The van der Waals surface area contributed by atoms with Gasteiger partial charge in [-0.15, -0.1) is 13.2 Å². The Kier molecular flexibility index (Phi) is 4.25. The molecule has 0 aliphatic carbocycles. The van der Waals surface area contributed by atoms with Gasteiger partial charge in [-0.2, -0.15) is 0 Å². The van der Waals surface area contributed by atoms with Gasteiger partial charge in [0.2, 0.25) is 0 Å². The summed E-state index contributed by atoms with van der Waals surface area (Å²) in [5.41, 5.74) is 5.84. The van der Waals surface area contributed by atoms with Crippen molar-refractivity contribution in [2.24, 2.45) is 0 Å². The SMILES string of the molecule is C=C[Si](C=C)c1c(C=O)cccc1CC. The second-order valence-electron chi connectivity index (χ2n) is 3.22. The van der Waals surface area contributed by atoms with E-state index in [0.29, 0.717) is 0 Å². The Morgan fingerprint density at radius 2 is 2.00 bits per heavy atom. The van der Waals surface area contributed by atoms with Crippen LogP contribution >= 0.6 is 0 Å². The smallest absolute Gasteiger partial charge is 0.149 e. The van der Waals surface area contributed by atoms with E-state index in [1.807, 2.05) is 23.5 Å². The summed E-state index contributed by atoms with van der Waals surface area (Å²) in [6, 6.07) is 5.86. The van der Waals surface area contributed by atoms with E-state index < -0.39 is 8.80 Å². The van der Waals surface area contributed by atoms with Crippen molar-refractivity contribution in [3.8, 4) is 0 Å². The van der Waals surface area contributed by atoms with Gasteiger partial charge < -0.3 is 0 Å². The summed E-state index contributed by atoms with van der Waals surface area (Å²) < 4.78 is 0. The van der Waals surface area contributed by atoms with Crippen molar-refractivity contribution in [2.45, 2.75) is 13.3 Å². The number of aldehydes is 1. The van der Waals surface area contributed by atoms with Crippen LogP contribution in [-0.4, -0.2) is 15.1 Å². The molecule has 0 fully saturated rings. The lowest BCUT2D eigenvalue weighted by molar-refractivity contribution is 0.112. The van der Waals surface area contributed by atoms with Gasteiger partial charge in [0.25, 0.3) is 0 Å². The average molecular weight is 215 g/mol. The van der Waals surface area contributed by atoms with Crippen LogP contribution in [0.5, 0.6) is 0 Å². The van der Waals surface area contributed by atoms with E-state index in [1.165, 1.54) is 5.56 Å². The molecule has 2 heteroatoms. The first-order valence-electron chi connectivity index (χ1n) is 4.97. The number of hydrogen-bond acceptors (Lipinski definition) is 1. The first-order valence-corrected chi connectivity index (χ1v) is 6.63. The highest BCUT2D eigenvalue weighted by Crippen LogP contribution is 2.05. The van der Waals surface area contributed by atoms with E-state index >= 15 is 0 Å². The van der Waals surface area contributed by atoms with Crippen LogP contribution in [0.1, 0.15) is 22.8 Å². The molecule has 0 atom stereocenters. The lowest BCUT2D eigenvalue weighted by atomic mass is 10.1. The fourth-order valence-corrected chi connectivity index (χ4v) is 3.33. The zero-order chi connectivity index (χ0) is 11.3. The molecule has 0 spiro atoms. The van der Waals surface area contributed by atoms with E-state index in [-0.39, 0.29) is 0 Å². The minimum absolute atomic E-state index is 0.781. The van der Waals surface area contributed by atoms with Gasteiger partial charge in [0.15, 0.2) is 0 Å². The normalized spacial score (nSPS) is 10.0. The quantitative estimate of drug-likeness (QED) is 0.544. The summed E-state index contributed by atoms with van der Waals surface area (Å²) in [4.78, 5) is 11.0. The molecule has 15 heavy (non-hydrogen) atoms. The van der Waals surface area contributed by atoms with Crippen LogP contribution in [-0.2, 0) is 6.42 Å². The zero-order valence-corrected chi connectivity index (χ0v) is 9.99. The molecule has 0 amide bonds. The summed E-state index contributed by atoms with van der Waals surface area (Å²) >= 11 is 0. The maximum Gasteiger partial charge on any atom is 0.149 e. The van der Waals surface area contributed by atoms with Crippen LogP contribution in [0, 0.1) is 0 Å². The van der Waals surface area contributed by atoms with Gasteiger partial charge in [0, 0.05) is 5.56 Å². The number of carbonyl (C=O) groups excluding carboxylic acids is 1. The van der Waals surface area contributed by atoms with Crippen molar-refractivity contribution in [2.75, 3.05) is 0 Å². The molecular formula is C13H15OSi. The summed E-state index contributed by atoms with van der Waals surface area (Å²) in [6.45, 7) is 9.73. The number of carbonyl (C=O) groups is 1. The molecule has 1 aromatic rings. The molecule has 0 aliphatic heterocycles. The maximum atomic E-state index is 11.0. The average Bonchev–Trinajstić information content (AvgIpc) is 2.30. The van der Waals surface area contributed by atoms with Crippen molar-refractivity contribution in [3.63, 3.8) is 0 Å². The number of rotatable bonds is 5. The monoisotopic (exact) mass is 215 g/mol. The minimum atomic E-state index is -0.988. The number of benzene rings is 1. The Morgan fingerprint density at radius 1 is 1.33 bits per heavy atom. The molecule has 1 radical (unpaired) electrons. The fourth-order valence-electron chi connectivity index (χ4n) is 1.65. The summed E-state index contributed by atoms with van der Waals surface area (Å²) in [5, 5.41) is 1.14. The Hall–Kier alpha value is -1.41. The third-order valence-corrected chi connectivity index (χ3v) is 4.49. The van der Waals surface area contributed by atoms with Crippen molar-refractivity contribution in [3.05, 3.63) is 53.9 Å². The van der Waals surface area contributed by atoms with E-state index in [9.17, 15) is 4.79 Å². The molecule has 0 unspecified atom stereocenters. The Morgan fingerprint density at radius 3 is 2.47 bits per heavy atom. The third-order valence-electron chi connectivity index (χ3n) is 2.42. The molecule has 0 N–H and O–H groups in total. The fraction of sp³-hybridized carbons (Fsp3) is 0.154. The van der Waals surface area contributed by atoms with Gasteiger partial charge in [-0.1, -0.05) is 36.5 Å². The summed E-state index contributed by atoms with van der Waals surface area (Å²) in [6.07, 6.45) is 1.86. The summed E-state index contributed by atoms with van der Waals surface area (Å²) in [5.74, 6) is 0. The van der Waals surface area contributed by atoms with Gasteiger partial charge in [-0.3, -0.25) is 4.79 Å². The Labute approximate surface area is 92.7 Å². The standard InChI is InChI=1S/C13H15OSi/c1-4-11-8-7-9-12(10-14)13(11)15(5-2)6-3/h5-10H,2-4H2,1H3. The van der Waals surface area contributed by atoms with Gasteiger partial charge in [-0.25, -0.2) is 0 Å². The third kappa shape index (κ3) is 2.33. The van der Waals surface area contributed by atoms with Crippen molar-refractivity contribution in [1.82, 2.24) is 0 Å². The van der Waals surface area contributed by atoms with Crippen LogP contribution in [0.15, 0.2) is 42.8 Å². The molecule has 1 aromatic carbocycles. The van der Waals surface area contributed by atoms with E-state index in [1.54, 1.807) is 0 Å². The molecule has 0 bridgehead atoms. The maximum absolute atomic E-state index is 11.0. The molecule has 1 rings (SSSR count). The van der Waals surface area contributed by atoms with Crippen LogP contribution in [0.2, 0.25) is 0 Å². The minimum Gasteiger partial charge on any atom is -0.298 e. The Balaban J connectivity index is 3.38. The number of aryl methyl sites for hydroxylation is 1. The molecule has 0 saturated carbocycles. The topological polar surface area (TPSA) is 17.1 Å². The van der Waals surface area contributed by atoms with E-state index in [0.717, 1.165) is 23.5 Å². The van der Waals surface area contributed by atoms with E-state index in [2.05, 4.69) is 26.1 Å². The molecule has 1 nitrogen and oxygen atoms in total. The van der Waals surface area contributed by atoms with Crippen molar-refractivity contribution >= 4 is 20.3 Å². The highest BCUT2D eigenvalue weighted by molar-refractivity contribution is 6.83. The Bertz CT molecular complexity index is 374. The lowest BCUT2D eigenvalue weighted by Gasteiger charge is -2.13. The summed E-state index contributed by atoms with van der Waals surface area (Å²) in [7, 11) is -0.988. The van der Waals surface area contributed by atoms with Gasteiger partial charge >= 0.3 is 0 Å². The predicted molar refractivity (Wildman–Crippen MR) is 67.0 cm³/mol. The van der Waals surface area contributed by atoms with E-state index in [4.69, 9.17) is 0 Å². The van der Waals surface area contributed by atoms with Gasteiger partial charge in [-0.05, 0) is 17.2 Å². The second kappa shape index (κ2) is 5.46. The largest absolute Gasteiger partial charge is 0.298 e.